The number of hydrogen-bond acceptors (Lipinski definition) is 4. The Labute approximate surface area is 160 Å². The van der Waals surface area contributed by atoms with Crippen LogP contribution in [0.15, 0.2) is 35.5 Å². The van der Waals surface area contributed by atoms with Gasteiger partial charge in [-0.25, -0.2) is 0 Å². The second-order valence-corrected chi connectivity index (χ2v) is 7.72. The molecular formula is C18H20ClN3O3S. The lowest BCUT2D eigenvalue weighted by atomic mass is 10.2. The van der Waals surface area contributed by atoms with Gasteiger partial charge in [0, 0.05) is 34.7 Å². The molecule has 2 heterocycles. The maximum atomic E-state index is 12.8. The van der Waals surface area contributed by atoms with Crippen LogP contribution in [0.3, 0.4) is 0 Å². The van der Waals surface area contributed by atoms with Crippen molar-refractivity contribution in [2.45, 2.75) is 19.9 Å². The molecule has 1 aromatic carbocycles. The molecular weight excluding hydrogens is 374 g/mol. The SMILES string of the molecule is Cc1cn([C@@H](C)C(=O)N2CCOCC2)c(=NC(=O)c2cccc(Cl)c2)s1. The molecule has 8 heteroatoms. The first-order valence-corrected chi connectivity index (χ1v) is 9.55. The molecule has 1 aliphatic rings. The Balaban J connectivity index is 1.89. The molecule has 0 radical (unpaired) electrons. The minimum atomic E-state index is -0.441. The molecule has 1 aliphatic heterocycles. The zero-order valence-electron chi connectivity index (χ0n) is 14.6. The van der Waals surface area contributed by atoms with E-state index in [1.807, 2.05) is 20.0 Å². The van der Waals surface area contributed by atoms with Crippen LogP contribution < -0.4 is 4.80 Å². The maximum absolute atomic E-state index is 12.8. The summed E-state index contributed by atoms with van der Waals surface area (Å²) in [7, 11) is 0. The van der Waals surface area contributed by atoms with Crippen LogP contribution in [0.5, 0.6) is 0 Å². The minimum Gasteiger partial charge on any atom is -0.378 e. The zero-order valence-corrected chi connectivity index (χ0v) is 16.2. The van der Waals surface area contributed by atoms with Crippen LogP contribution in [0.2, 0.25) is 5.02 Å². The summed E-state index contributed by atoms with van der Waals surface area (Å²) in [5.74, 6) is -0.378. The summed E-state index contributed by atoms with van der Waals surface area (Å²) in [6.45, 7) is 6.02. The molecule has 138 valence electrons. The van der Waals surface area contributed by atoms with E-state index >= 15 is 0 Å². The van der Waals surface area contributed by atoms with Crippen molar-refractivity contribution < 1.29 is 14.3 Å². The monoisotopic (exact) mass is 393 g/mol. The summed E-state index contributed by atoms with van der Waals surface area (Å²) in [5.41, 5.74) is 0.419. The fraction of sp³-hybridized carbons (Fsp3) is 0.389. The van der Waals surface area contributed by atoms with Crippen molar-refractivity contribution in [2.75, 3.05) is 26.3 Å². The van der Waals surface area contributed by atoms with Crippen molar-refractivity contribution in [3.63, 3.8) is 0 Å². The van der Waals surface area contributed by atoms with Gasteiger partial charge < -0.3 is 14.2 Å². The Bertz CT molecular complexity index is 884. The summed E-state index contributed by atoms with van der Waals surface area (Å²) < 4.78 is 7.07. The van der Waals surface area contributed by atoms with Gasteiger partial charge in [0.05, 0.1) is 13.2 Å². The number of aryl methyl sites for hydroxylation is 1. The number of morpholine rings is 1. The summed E-state index contributed by atoms with van der Waals surface area (Å²) in [6.07, 6.45) is 1.86. The van der Waals surface area contributed by atoms with Crippen molar-refractivity contribution >= 4 is 34.8 Å². The van der Waals surface area contributed by atoms with Gasteiger partial charge in [-0.05, 0) is 32.0 Å². The molecule has 1 saturated heterocycles. The first kappa shape index (κ1) is 18.8. The van der Waals surface area contributed by atoms with Gasteiger partial charge >= 0.3 is 0 Å². The smallest absolute Gasteiger partial charge is 0.279 e. The van der Waals surface area contributed by atoms with Crippen LogP contribution in [0, 0.1) is 6.92 Å². The zero-order chi connectivity index (χ0) is 18.7. The highest BCUT2D eigenvalue weighted by atomic mass is 35.5. The number of amides is 2. The fourth-order valence-corrected chi connectivity index (χ4v) is 3.86. The molecule has 2 aromatic rings. The van der Waals surface area contributed by atoms with Crippen molar-refractivity contribution in [1.82, 2.24) is 9.47 Å². The van der Waals surface area contributed by atoms with Gasteiger partial charge in [-0.1, -0.05) is 17.7 Å². The van der Waals surface area contributed by atoms with Gasteiger partial charge in [0.1, 0.15) is 6.04 Å². The van der Waals surface area contributed by atoms with Gasteiger partial charge in [0.25, 0.3) is 5.91 Å². The number of hydrogen-bond donors (Lipinski definition) is 0. The molecule has 3 rings (SSSR count). The Kier molecular flexibility index (Phi) is 5.90. The van der Waals surface area contributed by atoms with Crippen molar-refractivity contribution in [3.8, 4) is 0 Å². The van der Waals surface area contributed by atoms with E-state index in [4.69, 9.17) is 16.3 Å². The highest BCUT2D eigenvalue weighted by molar-refractivity contribution is 7.09. The predicted molar refractivity (Wildman–Crippen MR) is 101 cm³/mol. The lowest BCUT2D eigenvalue weighted by Gasteiger charge is -2.29. The number of thiazole rings is 1. The summed E-state index contributed by atoms with van der Waals surface area (Å²) in [5, 5.41) is 0.483. The minimum absolute atomic E-state index is 0.00255. The lowest BCUT2D eigenvalue weighted by Crippen LogP contribution is -2.44. The number of carbonyl (C=O) groups is 2. The van der Waals surface area contributed by atoms with Crippen molar-refractivity contribution in [3.05, 3.63) is 50.7 Å². The fourth-order valence-electron chi connectivity index (χ4n) is 2.77. The van der Waals surface area contributed by atoms with Crippen LogP contribution >= 0.6 is 22.9 Å². The molecule has 26 heavy (non-hydrogen) atoms. The van der Waals surface area contributed by atoms with Crippen molar-refractivity contribution in [2.24, 2.45) is 4.99 Å². The number of rotatable bonds is 3. The van der Waals surface area contributed by atoms with Crippen LogP contribution in [0.25, 0.3) is 0 Å². The first-order valence-electron chi connectivity index (χ1n) is 8.35. The van der Waals surface area contributed by atoms with Gasteiger partial charge in [-0.3, -0.25) is 9.59 Å². The largest absolute Gasteiger partial charge is 0.378 e. The van der Waals surface area contributed by atoms with Gasteiger partial charge in [-0.15, -0.1) is 11.3 Å². The van der Waals surface area contributed by atoms with Crippen LogP contribution in [0.1, 0.15) is 28.2 Å². The number of benzene rings is 1. The van der Waals surface area contributed by atoms with Gasteiger partial charge in [0.15, 0.2) is 4.80 Å². The second-order valence-electron chi connectivity index (χ2n) is 6.07. The van der Waals surface area contributed by atoms with Gasteiger partial charge in [-0.2, -0.15) is 4.99 Å². The topological polar surface area (TPSA) is 63.9 Å². The predicted octanol–water partition coefficient (Wildman–Crippen LogP) is 2.67. The van der Waals surface area contributed by atoms with E-state index in [9.17, 15) is 9.59 Å². The number of carbonyl (C=O) groups excluding carboxylic acids is 2. The van der Waals surface area contributed by atoms with E-state index in [-0.39, 0.29) is 11.8 Å². The summed E-state index contributed by atoms with van der Waals surface area (Å²) >= 11 is 7.33. The molecule has 2 amide bonds. The van der Waals surface area contributed by atoms with Crippen LogP contribution in [-0.4, -0.2) is 47.6 Å². The van der Waals surface area contributed by atoms with E-state index in [0.717, 1.165) is 4.88 Å². The summed E-state index contributed by atoms with van der Waals surface area (Å²) in [4.78, 5) is 32.7. The highest BCUT2D eigenvalue weighted by Gasteiger charge is 2.24. The normalized spacial score (nSPS) is 16.6. The third kappa shape index (κ3) is 4.23. The highest BCUT2D eigenvalue weighted by Crippen LogP contribution is 2.15. The van der Waals surface area contributed by atoms with E-state index in [0.29, 0.717) is 41.7 Å². The molecule has 1 fully saturated rings. The number of nitrogens with zero attached hydrogens (tertiary/aromatic N) is 3. The van der Waals surface area contributed by atoms with Crippen molar-refractivity contribution in [1.29, 1.82) is 0 Å². The molecule has 1 aromatic heterocycles. The number of aromatic nitrogens is 1. The average Bonchev–Trinajstić information content (AvgIpc) is 3.01. The molecule has 0 N–H and O–H groups in total. The molecule has 6 nitrogen and oxygen atoms in total. The third-order valence-electron chi connectivity index (χ3n) is 4.16. The van der Waals surface area contributed by atoms with E-state index in [1.54, 1.807) is 33.7 Å². The second kappa shape index (κ2) is 8.16. The molecule has 1 atom stereocenters. The Hall–Kier alpha value is -1.96. The number of halogens is 1. The molecule has 0 aliphatic carbocycles. The standard InChI is InChI=1S/C18H20ClN3O3S/c1-12-11-22(13(2)17(24)21-6-8-25-9-7-21)18(26-12)20-16(23)14-4-3-5-15(19)10-14/h3-5,10-11,13H,6-9H2,1-2H3/t13-/m0/s1. The molecule has 0 unspecified atom stereocenters. The molecule has 0 bridgehead atoms. The third-order valence-corrected chi connectivity index (χ3v) is 5.31. The Morgan fingerprint density at radius 2 is 2.04 bits per heavy atom. The lowest BCUT2D eigenvalue weighted by molar-refractivity contribution is -0.138. The molecule has 0 spiro atoms. The summed E-state index contributed by atoms with van der Waals surface area (Å²) in [6, 6.07) is 6.23. The van der Waals surface area contributed by atoms with E-state index in [1.165, 1.54) is 11.3 Å². The van der Waals surface area contributed by atoms with E-state index in [2.05, 4.69) is 4.99 Å². The first-order chi connectivity index (χ1) is 12.5. The molecule has 0 saturated carbocycles. The van der Waals surface area contributed by atoms with Gasteiger partial charge in [0.2, 0.25) is 5.91 Å². The van der Waals surface area contributed by atoms with E-state index < -0.39 is 6.04 Å². The van der Waals surface area contributed by atoms with Crippen LogP contribution in [0.4, 0.5) is 0 Å². The maximum Gasteiger partial charge on any atom is 0.279 e. The Morgan fingerprint density at radius 1 is 1.31 bits per heavy atom. The number of ether oxygens (including phenoxy) is 1. The Morgan fingerprint density at radius 3 is 2.73 bits per heavy atom. The van der Waals surface area contributed by atoms with Crippen LogP contribution in [-0.2, 0) is 9.53 Å². The average molecular weight is 394 g/mol. The quantitative estimate of drug-likeness (QED) is 0.805.